The molecule has 4 nitrogen and oxygen atoms in total. The van der Waals surface area contributed by atoms with Gasteiger partial charge in [0.1, 0.15) is 6.04 Å². The highest BCUT2D eigenvalue weighted by molar-refractivity contribution is 7.85. The van der Waals surface area contributed by atoms with Crippen LogP contribution >= 0.6 is 0 Å². The van der Waals surface area contributed by atoms with Gasteiger partial charge in [-0.3, -0.25) is 4.21 Å². The number of alkyl halides is 3. The van der Waals surface area contributed by atoms with Crippen molar-refractivity contribution in [3.8, 4) is 0 Å². The third kappa shape index (κ3) is 5.36. The maximum absolute atomic E-state index is 13.2. The second-order valence-corrected chi connectivity index (χ2v) is 8.84. The molecule has 2 aliphatic rings. The molecule has 0 bridgehead atoms. The second kappa shape index (κ2) is 8.54. The van der Waals surface area contributed by atoms with Crippen molar-refractivity contribution in [2.45, 2.75) is 81.8 Å². The van der Waals surface area contributed by atoms with Crippen molar-refractivity contribution < 1.29 is 22.2 Å². The average Bonchev–Trinajstić information content (AvgIpc) is 3.05. The van der Waals surface area contributed by atoms with Crippen LogP contribution < -0.4 is 10.6 Å². The minimum atomic E-state index is -4.43. The highest BCUT2D eigenvalue weighted by atomic mass is 32.2. The van der Waals surface area contributed by atoms with Crippen molar-refractivity contribution >= 4 is 16.8 Å². The molecule has 24 heavy (non-hydrogen) atoms. The first kappa shape index (κ1) is 19.5. The molecule has 0 aromatic rings. The summed E-state index contributed by atoms with van der Waals surface area (Å²) in [6.07, 6.45) is 1.16. The van der Waals surface area contributed by atoms with Gasteiger partial charge in [-0.2, -0.15) is 13.2 Å². The fourth-order valence-corrected chi connectivity index (χ4v) is 5.22. The SMILES string of the molecule is CCS(=O)C1CCCC(NC(=O)NC(C2CCCC2)C(F)(F)F)C1. The number of urea groups is 1. The zero-order valence-electron chi connectivity index (χ0n) is 14.0. The van der Waals surface area contributed by atoms with Crippen molar-refractivity contribution in [1.29, 1.82) is 0 Å². The third-order valence-corrected chi connectivity index (χ3v) is 6.87. The molecule has 0 aliphatic heterocycles. The predicted octanol–water partition coefficient (Wildman–Crippen LogP) is 3.49. The normalized spacial score (nSPS) is 28.3. The van der Waals surface area contributed by atoms with E-state index < -0.39 is 35.0 Å². The molecule has 2 fully saturated rings. The van der Waals surface area contributed by atoms with Gasteiger partial charge in [0.2, 0.25) is 0 Å². The summed E-state index contributed by atoms with van der Waals surface area (Å²) < 4.78 is 51.6. The lowest BCUT2D eigenvalue weighted by Gasteiger charge is -2.31. The molecule has 4 unspecified atom stereocenters. The van der Waals surface area contributed by atoms with Crippen LogP contribution in [0.4, 0.5) is 18.0 Å². The van der Waals surface area contributed by atoms with Gasteiger partial charge in [0.15, 0.2) is 0 Å². The number of hydrogen-bond acceptors (Lipinski definition) is 2. The summed E-state index contributed by atoms with van der Waals surface area (Å²) in [6, 6.07) is -2.72. The molecule has 0 radical (unpaired) electrons. The predicted molar refractivity (Wildman–Crippen MR) is 88.2 cm³/mol. The second-order valence-electron chi connectivity index (χ2n) is 6.84. The Bertz CT molecular complexity index is 453. The van der Waals surface area contributed by atoms with Crippen LogP contribution in [-0.2, 0) is 10.8 Å². The van der Waals surface area contributed by atoms with Gasteiger partial charge >= 0.3 is 12.2 Å². The summed E-state index contributed by atoms with van der Waals surface area (Å²) in [7, 11) is -0.927. The molecule has 4 atom stereocenters. The minimum Gasteiger partial charge on any atom is -0.335 e. The van der Waals surface area contributed by atoms with Crippen LogP contribution in [0, 0.1) is 5.92 Å². The lowest BCUT2D eigenvalue weighted by atomic mass is 9.95. The average molecular weight is 368 g/mol. The van der Waals surface area contributed by atoms with Crippen molar-refractivity contribution in [2.75, 3.05) is 5.75 Å². The zero-order chi connectivity index (χ0) is 17.7. The largest absolute Gasteiger partial charge is 0.408 e. The lowest BCUT2D eigenvalue weighted by Crippen LogP contribution is -2.55. The van der Waals surface area contributed by atoms with Gasteiger partial charge in [0.25, 0.3) is 0 Å². The zero-order valence-corrected chi connectivity index (χ0v) is 14.8. The summed E-state index contributed by atoms with van der Waals surface area (Å²) >= 11 is 0. The van der Waals surface area contributed by atoms with Crippen LogP contribution in [0.2, 0.25) is 0 Å². The number of halogens is 3. The smallest absolute Gasteiger partial charge is 0.335 e. The summed E-state index contributed by atoms with van der Waals surface area (Å²) in [5, 5.41) is 4.85. The molecule has 2 N–H and O–H groups in total. The van der Waals surface area contributed by atoms with Gasteiger partial charge in [0, 0.05) is 27.8 Å². The quantitative estimate of drug-likeness (QED) is 0.780. The molecule has 0 spiro atoms. The van der Waals surface area contributed by atoms with Crippen LogP contribution in [0.1, 0.15) is 58.3 Å². The van der Waals surface area contributed by atoms with Crippen LogP contribution in [-0.4, -0.2) is 39.5 Å². The fraction of sp³-hybridized carbons (Fsp3) is 0.938. The Labute approximate surface area is 143 Å². The Hall–Kier alpha value is -0.790. The van der Waals surface area contributed by atoms with Gasteiger partial charge in [-0.25, -0.2) is 4.79 Å². The number of hydrogen-bond donors (Lipinski definition) is 2. The van der Waals surface area contributed by atoms with E-state index >= 15 is 0 Å². The number of nitrogens with one attached hydrogen (secondary N) is 2. The lowest BCUT2D eigenvalue weighted by molar-refractivity contribution is -0.164. The first-order valence-corrected chi connectivity index (χ1v) is 10.2. The van der Waals surface area contributed by atoms with E-state index in [0.717, 1.165) is 32.1 Å². The molecule has 2 saturated carbocycles. The monoisotopic (exact) mass is 368 g/mol. The maximum Gasteiger partial charge on any atom is 0.408 e. The molecule has 8 heteroatoms. The molecule has 2 rings (SSSR count). The molecule has 0 saturated heterocycles. The summed E-state index contributed by atoms with van der Waals surface area (Å²) in [6.45, 7) is 1.86. The Morgan fingerprint density at radius 2 is 1.83 bits per heavy atom. The standard InChI is InChI=1S/C16H27F3N2O2S/c1-2-24(23)13-9-5-8-12(10-13)20-15(22)21-14(16(17,18)19)11-6-3-4-7-11/h11-14H,2-10H2,1H3,(H2,20,21,22). The minimum absolute atomic E-state index is 0.0299. The van der Waals surface area contributed by atoms with E-state index in [9.17, 15) is 22.2 Å². The van der Waals surface area contributed by atoms with Crippen molar-refractivity contribution in [3.05, 3.63) is 0 Å². The number of rotatable bonds is 5. The van der Waals surface area contributed by atoms with Gasteiger partial charge in [-0.1, -0.05) is 26.2 Å². The summed E-state index contributed by atoms with van der Waals surface area (Å²) in [4.78, 5) is 12.1. The highest BCUT2D eigenvalue weighted by Gasteiger charge is 2.46. The molecule has 0 aromatic heterocycles. The van der Waals surface area contributed by atoms with E-state index in [-0.39, 0.29) is 11.3 Å². The van der Waals surface area contributed by atoms with Crippen LogP contribution in [0.25, 0.3) is 0 Å². The Kier molecular flexibility index (Phi) is 6.95. The Balaban J connectivity index is 1.89. The van der Waals surface area contributed by atoms with E-state index in [1.165, 1.54) is 0 Å². The van der Waals surface area contributed by atoms with Crippen molar-refractivity contribution in [1.82, 2.24) is 10.6 Å². The molecular formula is C16H27F3N2O2S. The summed E-state index contributed by atoms with van der Waals surface area (Å²) in [5.41, 5.74) is 0. The van der Waals surface area contributed by atoms with Crippen molar-refractivity contribution in [3.63, 3.8) is 0 Å². The molecule has 0 aromatic carbocycles. The maximum atomic E-state index is 13.2. The third-order valence-electron chi connectivity index (χ3n) is 5.13. The topological polar surface area (TPSA) is 58.2 Å². The Morgan fingerprint density at radius 3 is 2.42 bits per heavy atom. The van der Waals surface area contributed by atoms with E-state index in [2.05, 4.69) is 10.6 Å². The Morgan fingerprint density at radius 1 is 1.17 bits per heavy atom. The number of carbonyl (C=O) groups is 1. The first-order valence-electron chi connectivity index (χ1n) is 8.82. The fourth-order valence-electron chi connectivity index (χ4n) is 3.88. The van der Waals surface area contributed by atoms with Crippen LogP contribution in [0.5, 0.6) is 0 Å². The van der Waals surface area contributed by atoms with E-state index in [4.69, 9.17) is 0 Å². The number of amides is 2. The van der Waals surface area contributed by atoms with Gasteiger partial charge in [-0.05, 0) is 38.0 Å². The van der Waals surface area contributed by atoms with E-state index in [1.807, 2.05) is 6.92 Å². The number of carbonyl (C=O) groups excluding carboxylic acids is 1. The van der Waals surface area contributed by atoms with E-state index in [1.54, 1.807) is 0 Å². The first-order chi connectivity index (χ1) is 11.3. The molecule has 0 heterocycles. The van der Waals surface area contributed by atoms with Crippen LogP contribution in [0.3, 0.4) is 0 Å². The molecule has 2 aliphatic carbocycles. The molecule has 2 amide bonds. The van der Waals surface area contributed by atoms with E-state index in [0.29, 0.717) is 25.0 Å². The summed E-state index contributed by atoms with van der Waals surface area (Å²) in [5.74, 6) is 0.0453. The van der Waals surface area contributed by atoms with Gasteiger partial charge < -0.3 is 10.6 Å². The van der Waals surface area contributed by atoms with Crippen molar-refractivity contribution in [2.24, 2.45) is 5.92 Å². The van der Waals surface area contributed by atoms with Crippen LogP contribution in [0.15, 0.2) is 0 Å². The molecule has 140 valence electrons. The molecular weight excluding hydrogens is 341 g/mol. The van der Waals surface area contributed by atoms with Gasteiger partial charge in [0.05, 0.1) is 0 Å². The van der Waals surface area contributed by atoms with Gasteiger partial charge in [-0.15, -0.1) is 0 Å². The highest BCUT2D eigenvalue weighted by Crippen LogP contribution is 2.35.